The van der Waals surface area contributed by atoms with Gasteiger partial charge in [0.25, 0.3) is 0 Å². The van der Waals surface area contributed by atoms with Crippen molar-refractivity contribution in [3.05, 3.63) is 70.2 Å². The number of para-hydroxylation sites is 2. The zero-order chi connectivity index (χ0) is 19.3. The van der Waals surface area contributed by atoms with Crippen LogP contribution in [0.5, 0.6) is 0 Å². The Morgan fingerprint density at radius 1 is 1.00 bits per heavy atom. The molecule has 6 nitrogen and oxygen atoms in total. The fourth-order valence-electron chi connectivity index (χ4n) is 3.79. The number of aryl methyl sites for hydroxylation is 1. The van der Waals surface area contributed by atoms with Crippen molar-refractivity contribution in [1.82, 2.24) is 14.8 Å². The van der Waals surface area contributed by atoms with Crippen molar-refractivity contribution in [3.63, 3.8) is 0 Å². The van der Waals surface area contributed by atoms with E-state index in [9.17, 15) is 9.59 Å². The van der Waals surface area contributed by atoms with Crippen molar-refractivity contribution in [1.29, 1.82) is 0 Å². The van der Waals surface area contributed by atoms with E-state index in [4.69, 9.17) is 4.42 Å². The molecule has 1 amide bonds. The van der Waals surface area contributed by atoms with E-state index >= 15 is 0 Å². The summed E-state index contributed by atoms with van der Waals surface area (Å²) in [5.41, 5.74) is 3.68. The first-order valence-corrected chi connectivity index (χ1v) is 9.85. The van der Waals surface area contributed by atoms with Crippen LogP contribution in [0.1, 0.15) is 30.4 Å². The first-order valence-electron chi connectivity index (χ1n) is 9.85. The predicted molar refractivity (Wildman–Crippen MR) is 108 cm³/mol. The van der Waals surface area contributed by atoms with Crippen LogP contribution in [0.4, 0.5) is 0 Å². The number of hydrogen-bond acceptors (Lipinski definition) is 4. The summed E-state index contributed by atoms with van der Waals surface area (Å²) in [6, 6.07) is 15.5. The first kappa shape index (κ1) is 18.5. The van der Waals surface area contributed by atoms with E-state index in [1.54, 1.807) is 6.07 Å². The number of likely N-dealkylation sites (tertiary alicyclic amines) is 1. The molecule has 0 atom stereocenters. The van der Waals surface area contributed by atoms with E-state index in [1.807, 2.05) is 30.3 Å². The predicted octanol–water partition coefficient (Wildman–Crippen LogP) is 2.90. The quantitative estimate of drug-likeness (QED) is 0.685. The smallest absolute Gasteiger partial charge is 0.408 e. The van der Waals surface area contributed by atoms with Gasteiger partial charge >= 0.3 is 5.76 Å². The summed E-state index contributed by atoms with van der Waals surface area (Å²) in [5.74, 6) is -0.502. The standard InChI is InChI=1S/C22H25N3O3/c26-21(11-14-25-19-9-3-4-10-20(19)28-22(25)27)23-15-17-7-1-2-8-18(17)16-24-12-5-6-13-24/h1-4,7-10H,5-6,11-16H2,(H,23,26). The number of amides is 1. The number of carbonyl (C=O) groups is 1. The molecule has 0 unspecified atom stereocenters. The molecular weight excluding hydrogens is 354 g/mol. The lowest BCUT2D eigenvalue weighted by atomic mass is 10.1. The summed E-state index contributed by atoms with van der Waals surface area (Å²) in [5, 5.41) is 2.99. The minimum Gasteiger partial charge on any atom is -0.408 e. The van der Waals surface area contributed by atoms with Gasteiger partial charge in [0.15, 0.2) is 5.58 Å². The molecular formula is C22H25N3O3. The highest BCUT2D eigenvalue weighted by atomic mass is 16.4. The van der Waals surface area contributed by atoms with Crippen LogP contribution in [0, 0.1) is 0 Å². The number of nitrogens with zero attached hydrogens (tertiary/aromatic N) is 2. The number of hydrogen-bond donors (Lipinski definition) is 1. The Bertz CT molecular complexity index is 1020. The molecule has 0 spiro atoms. The van der Waals surface area contributed by atoms with Crippen LogP contribution >= 0.6 is 0 Å². The molecule has 4 rings (SSSR count). The Morgan fingerprint density at radius 3 is 2.54 bits per heavy atom. The maximum Gasteiger partial charge on any atom is 0.419 e. The lowest BCUT2D eigenvalue weighted by Crippen LogP contribution is -2.27. The largest absolute Gasteiger partial charge is 0.419 e. The van der Waals surface area contributed by atoms with Gasteiger partial charge in [0, 0.05) is 26.1 Å². The topological polar surface area (TPSA) is 67.5 Å². The van der Waals surface area contributed by atoms with Crippen molar-refractivity contribution in [2.45, 2.75) is 38.9 Å². The maximum absolute atomic E-state index is 12.3. The van der Waals surface area contributed by atoms with Crippen LogP contribution in [0.25, 0.3) is 11.1 Å². The number of aromatic nitrogens is 1. The molecule has 0 aliphatic carbocycles. The molecule has 0 saturated carbocycles. The fourth-order valence-corrected chi connectivity index (χ4v) is 3.79. The summed E-state index contributed by atoms with van der Waals surface area (Å²) in [7, 11) is 0. The fraction of sp³-hybridized carbons (Fsp3) is 0.364. The highest BCUT2D eigenvalue weighted by molar-refractivity contribution is 5.76. The van der Waals surface area contributed by atoms with E-state index < -0.39 is 5.76 Å². The minimum absolute atomic E-state index is 0.0758. The summed E-state index contributed by atoms with van der Waals surface area (Å²) >= 11 is 0. The third-order valence-corrected chi connectivity index (χ3v) is 5.32. The average Bonchev–Trinajstić information content (AvgIpc) is 3.32. The molecule has 2 heterocycles. The Kier molecular flexibility index (Phi) is 5.58. The third kappa shape index (κ3) is 4.17. The molecule has 146 valence electrons. The van der Waals surface area contributed by atoms with Crippen molar-refractivity contribution in [3.8, 4) is 0 Å². The van der Waals surface area contributed by atoms with E-state index in [0.717, 1.165) is 30.7 Å². The molecule has 0 radical (unpaired) electrons. The molecule has 1 aliphatic rings. The molecule has 1 aromatic heterocycles. The second kappa shape index (κ2) is 8.44. The van der Waals surface area contributed by atoms with E-state index in [-0.39, 0.29) is 12.3 Å². The molecule has 1 fully saturated rings. The Morgan fingerprint density at radius 2 is 1.71 bits per heavy atom. The van der Waals surface area contributed by atoms with Crippen molar-refractivity contribution >= 4 is 17.0 Å². The molecule has 1 aliphatic heterocycles. The van der Waals surface area contributed by atoms with Gasteiger partial charge in [0.2, 0.25) is 5.91 Å². The summed E-state index contributed by atoms with van der Waals surface area (Å²) in [6.07, 6.45) is 2.76. The van der Waals surface area contributed by atoms with E-state index in [1.165, 1.54) is 23.0 Å². The number of fused-ring (bicyclic) bond motifs is 1. The van der Waals surface area contributed by atoms with Gasteiger partial charge in [-0.15, -0.1) is 0 Å². The van der Waals surface area contributed by atoms with E-state index in [2.05, 4.69) is 22.3 Å². The monoisotopic (exact) mass is 379 g/mol. The van der Waals surface area contributed by atoms with Crippen LogP contribution in [-0.4, -0.2) is 28.5 Å². The molecule has 1 N–H and O–H groups in total. The number of oxazole rings is 1. The summed E-state index contributed by atoms with van der Waals surface area (Å²) < 4.78 is 6.72. The van der Waals surface area contributed by atoms with Crippen LogP contribution < -0.4 is 11.1 Å². The second-order valence-electron chi connectivity index (χ2n) is 7.27. The first-order chi connectivity index (χ1) is 13.7. The van der Waals surface area contributed by atoms with E-state index in [0.29, 0.717) is 18.7 Å². The van der Waals surface area contributed by atoms with Gasteiger partial charge in [-0.2, -0.15) is 0 Å². The molecule has 3 aromatic rings. The van der Waals surface area contributed by atoms with Gasteiger partial charge in [-0.3, -0.25) is 14.3 Å². The SMILES string of the molecule is O=C(CCn1c(=O)oc2ccccc21)NCc1ccccc1CN1CCCC1. The number of benzene rings is 2. The lowest BCUT2D eigenvalue weighted by molar-refractivity contribution is -0.121. The van der Waals surface area contributed by atoms with Gasteiger partial charge < -0.3 is 9.73 Å². The Hall–Kier alpha value is -2.86. The number of carbonyl (C=O) groups excluding carboxylic acids is 1. The highest BCUT2D eigenvalue weighted by Gasteiger charge is 2.14. The second-order valence-corrected chi connectivity index (χ2v) is 7.27. The zero-order valence-electron chi connectivity index (χ0n) is 15.9. The number of rotatable bonds is 7. The van der Waals surface area contributed by atoms with Crippen molar-refractivity contribution < 1.29 is 9.21 Å². The molecule has 0 bridgehead atoms. The normalized spacial score (nSPS) is 14.6. The molecule has 2 aromatic carbocycles. The summed E-state index contributed by atoms with van der Waals surface area (Å²) in [6.45, 7) is 4.03. The average molecular weight is 379 g/mol. The third-order valence-electron chi connectivity index (χ3n) is 5.32. The molecule has 28 heavy (non-hydrogen) atoms. The van der Waals surface area contributed by atoms with Crippen LogP contribution in [-0.2, 0) is 24.4 Å². The van der Waals surface area contributed by atoms with Gasteiger partial charge in [-0.05, 0) is 49.2 Å². The summed E-state index contributed by atoms with van der Waals surface area (Å²) in [4.78, 5) is 26.8. The maximum atomic E-state index is 12.3. The van der Waals surface area contributed by atoms with Gasteiger partial charge in [-0.1, -0.05) is 36.4 Å². The Balaban J connectivity index is 1.35. The molecule has 6 heteroatoms. The van der Waals surface area contributed by atoms with Gasteiger partial charge in [0.1, 0.15) is 0 Å². The lowest BCUT2D eigenvalue weighted by Gasteiger charge is -2.17. The van der Waals surface area contributed by atoms with Crippen molar-refractivity contribution in [2.24, 2.45) is 0 Å². The van der Waals surface area contributed by atoms with Crippen molar-refractivity contribution in [2.75, 3.05) is 13.1 Å². The van der Waals surface area contributed by atoms with Crippen LogP contribution in [0.3, 0.4) is 0 Å². The molecule has 1 saturated heterocycles. The van der Waals surface area contributed by atoms with Gasteiger partial charge in [0.05, 0.1) is 5.52 Å². The highest BCUT2D eigenvalue weighted by Crippen LogP contribution is 2.16. The van der Waals surface area contributed by atoms with Gasteiger partial charge in [-0.25, -0.2) is 4.79 Å². The zero-order valence-corrected chi connectivity index (χ0v) is 15.9. The van der Waals surface area contributed by atoms with Crippen LogP contribution in [0.15, 0.2) is 57.7 Å². The Labute approximate surface area is 163 Å². The number of nitrogens with one attached hydrogen (secondary N) is 1. The minimum atomic E-state index is -0.426. The van der Waals surface area contributed by atoms with Crippen LogP contribution in [0.2, 0.25) is 0 Å².